The number of rotatable bonds is 7. The molecule has 0 fully saturated rings. The van der Waals surface area contributed by atoms with Crippen molar-refractivity contribution < 1.29 is 26.3 Å². The van der Waals surface area contributed by atoms with Gasteiger partial charge in [0.1, 0.15) is 11.5 Å². The second-order valence-electron chi connectivity index (χ2n) is 6.29. The van der Waals surface area contributed by atoms with E-state index < -0.39 is 22.0 Å². The molecule has 3 aromatic rings. The largest absolute Gasteiger partial charge is 0.457 e. The summed E-state index contributed by atoms with van der Waals surface area (Å²) in [5.41, 5.74) is 0.524. The highest BCUT2D eigenvalue weighted by Crippen LogP contribution is 2.29. The minimum Gasteiger partial charge on any atom is -0.457 e. The molecule has 0 unspecified atom stereocenters. The van der Waals surface area contributed by atoms with E-state index in [0.717, 1.165) is 0 Å². The maximum atomic E-state index is 12.9. The van der Waals surface area contributed by atoms with Crippen molar-refractivity contribution in [3.05, 3.63) is 83.6 Å². The zero-order chi connectivity index (χ0) is 21.8. The van der Waals surface area contributed by atoms with Crippen LogP contribution in [0, 0.1) is 0 Å². The first kappa shape index (κ1) is 21.9. The monoisotopic (exact) mass is 456 g/mol. The van der Waals surface area contributed by atoms with Crippen molar-refractivity contribution in [3.63, 3.8) is 0 Å². The van der Waals surface area contributed by atoms with Crippen LogP contribution in [0.1, 0.15) is 5.56 Å². The van der Waals surface area contributed by atoms with Crippen molar-refractivity contribution in [1.82, 2.24) is 4.98 Å². The lowest BCUT2D eigenvalue weighted by Crippen LogP contribution is -2.37. The summed E-state index contributed by atoms with van der Waals surface area (Å²) in [6.45, 7) is -0.288. The number of anilines is 1. The van der Waals surface area contributed by atoms with Gasteiger partial charge < -0.3 is 4.74 Å². The summed E-state index contributed by atoms with van der Waals surface area (Å²) < 4.78 is 69.9. The molecule has 0 atom stereocenters. The van der Waals surface area contributed by atoms with E-state index in [1.165, 1.54) is 36.7 Å². The first-order valence-corrected chi connectivity index (χ1v) is 10.6. The van der Waals surface area contributed by atoms with Gasteiger partial charge in [-0.2, -0.15) is 13.2 Å². The zero-order valence-corrected chi connectivity index (χ0v) is 17.0. The molecular weight excluding hydrogens is 441 g/mol. The lowest BCUT2D eigenvalue weighted by atomic mass is 10.2. The van der Waals surface area contributed by atoms with Gasteiger partial charge in [0.15, 0.2) is 5.75 Å². The topological polar surface area (TPSA) is 59.5 Å². The molecule has 2 aromatic carbocycles. The summed E-state index contributed by atoms with van der Waals surface area (Å²) in [6.07, 6.45) is -1.99. The maximum absolute atomic E-state index is 12.9. The van der Waals surface area contributed by atoms with Crippen LogP contribution >= 0.6 is 11.6 Å². The molecule has 10 heteroatoms. The third-order valence-corrected chi connectivity index (χ3v) is 5.86. The fraction of sp³-hybridized carbons (Fsp3) is 0.150. The fourth-order valence-electron chi connectivity index (χ4n) is 2.61. The Labute approximate surface area is 176 Å². The highest BCUT2D eigenvalue weighted by molar-refractivity contribution is 7.92. The third-order valence-electron chi connectivity index (χ3n) is 3.90. The Morgan fingerprint density at radius 3 is 2.10 bits per heavy atom. The number of pyridine rings is 1. The van der Waals surface area contributed by atoms with Crippen molar-refractivity contribution in [1.29, 1.82) is 0 Å². The van der Waals surface area contributed by atoms with Gasteiger partial charge in [-0.1, -0.05) is 17.7 Å². The smallest absolute Gasteiger partial charge is 0.404 e. The van der Waals surface area contributed by atoms with Gasteiger partial charge in [0.05, 0.1) is 12.2 Å². The zero-order valence-electron chi connectivity index (χ0n) is 15.4. The summed E-state index contributed by atoms with van der Waals surface area (Å²) in [5, 5.41) is 0.540. The number of sulfonamides is 1. The first-order chi connectivity index (χ1) is 14.1. The fourth-order valence-corrected chi connectivity index (χ4v) is 4.10. The van der Waals surface area contributed by atoms with Gasteiger partial charge in [-0.15, -0.1) is 0 Å². The molecule has 5 nitrogen and oxygen atoms in total. The van der Waals surface area contributed by atoms with Gasteiger partial charge in [-0.25, -0.2) is 8.42 Å². The van der Waals surface area contributed by atoms with Gasteiger partial charge in [0, 0.05) is 17.4 Å². The summed E-state index contributed by atoms with van der Waals surface area (Å²) in [5.74, 6) is -1.08. The minimum absolute atomic E-state index is 0.0755. The Morgan fingerprint density at radius 1 is 0.967 bits per heavy atom. The van der Waals surface area contributed by atoms with E-state index in [0.29, 0.717) is 26.4 Å². The number of benzene rings is 2. The molecule has 0 aliphatic carbocycles. The van der Waals surface area contributed by atoms with E-state index in [9.17, 15) is 21.6 Å². The summed E-state index contributed by atoms with van der Waals surface area (Å²) >= 11 is 5.82. The number of nitrogens with zero attached hydrogens (tertiary/aromatic N) is 2. The van der Waals surface area contributed by atoms with Crippen LogP contribution in [0.3, 0.4) is 0 Å². The predicted octanol–water partition coefficient (Wildman–Crippen LogP) is 5.43. The van der Waals surface area contributed by atoms with Crippen LogP contribution in [0.4, 0.5) is 18.9 Å². The van der Waals surface area contributed by atoms with Crippen LogP contribution in [0.15, 0.2) is 73.1 Å². The third kappa shape index (κ3) is 6.11. The van der Waals surface area contributed by atoms with Crippen LogP contribution in [0.25, 0.3) is 0 Å². The molecule has 1 aromatic heterocycles. The molecule has 0 bridgehead atoms. The molecule has 30 heavy (non-hydrogen) atoms. The Kier molecular flexibility index (Phi) is 6.52. The number of alkyl halides is 3. The second kappa shape index (κ2) is 8.93. The lowest BCUT2D eigenvalue weighted by molar-refractivity contribution is -0.106. The number of hydrogen-bond donors (Lipinski definition) is 0. The van der Waals surface area contributed by atoms with Crippen molar-refractivity contribution >= 4 is 27.3 Å². The Balaban J connectivity index is 1.87. The Morgan fingerprint density at radius 2 is 1.57 bits per heavy atom. The second-order valence-corrected chi connectivity index (χ2v) is 8.62. The molecule has 0 amide bonds. The first-order valence-electron chi connectivity index (χ1n) is 8.62. The molecule has 0 radical (unpaired) electrons. The molecule has 0 aliphatic heterocycles. The molecule has 158 valence electrons. The van der Waals surface area contributed by atoms with Gasteiger partial charge in [-0.05, 0) is 60.2 Å². The molecular formula is C20H16ClF3N2O3S. The van der Waals surface area contributed by atoms with E-state index in [1.54, 1.807) is 36.4 Å². The molecule has 0 spiro atoms. The summed E-state index contributed by atoms with van der Waals surface area (Å²) in [6, 6.07) is 15.5. The van der Waals surface area contributed by atoms with Crippen LogP contribution < -0.4 is 9.04 Å². The molecule has 0 saturated carbocycles. The van der Waals surface area contributed by atoms with Crippen LogP contribution in [0.5, 0.6) is 11.5 Å². The van der Waals surface area contributed by atoms with E-state index in [-0.39, 0.29) is 12.2 Å². The van der Waals surface area contributed by atoms with Gasteiger partial charge in [0.2, 0.25) is 10.0 Å². The number of halogens is 4. The highest BCUT2D eigenvalue weighted by atomic mass is 35.5. The van der Waals surface area contributed by atoms with Crippen LogP contribution in [-0.2, 0) is 16.6 Å². The van der Waals surface area contributed by atoms with E-state index in [2.05, 4.69) is 4.98 Å². The quantitative estimate of drug-likeness (QED) is 0.476. The van der Waals surface area contributed by atoms with Crippen LogP contribution in [-0.4, -0.2) is 25.3 Å². The summed E-state index contributed by atoms with van der Waals surface area (Å²) in [7, 11) is -4.68. The Bertz CT molecular complexity index is 1080. The predicted molar refractivity (Wildman–Crippen MR) is 108 cm³/mol. The number of hydrogen-bond acceptors (Lipinski definition) is 4. The van der Waals surface area contributed by atoms with Crippen molar-refractivity contribution in [3.8, 4) is 11.5 Å². The Hall–Kier alpha value is -2.78. The van der Waals surface area contributed by atoms with Gasteiger partial charge in [-0.3, -0.25) is 9.29 Å². The van der Waals surface area contributed by atoms with E-state index in [1.807, 2.05) is 0 Å². The molecule has 1 heterocycles. The van der Waals surface area contributed by atoms with Crippen LogP contribution in [0.2, 0.25) is 5.02 Å². The van der Waals surface area contributed by atoms with Crippen molar-refractivity contribution in [2.45, 2.75) is 12.7 Å². The van der Waals surface area contributed by atoms with Gasteiger partial charge in [0.25, 0.3) is 0 Å². The van der Waals surface area contributed by atoms with Crippen molar-refractivity contribution in [2.24, 2.45) is 0 Å². The highest BCUT2D eigenvalue weighted by Gasteiger charge is 2.38. The normalized spacial score (nSPS) is 11.9. The molecule has 0 saturated heterocycles. The number of aromatic nitrogens is 1. The average Bonchev–Trinajstić information content (AvgIpc) is 2.68. The lowest BCUT2D eigenvalue weighted by Gasteiger charge is -2.25. The van der Waals surface area contributed by atoms with E-state index >= 15 is 0 Å². The summed E-state index contributed by atoms with van der Waals surface area (Å²) in [4.78, 5) is 3.88. The standard InChI is InChI=1S/C20H16ClF3N2O3S/c21-16-3-7-18(8-4-16)29-19-9-5-17(6-10-19)26(13-15-2-1-11-25-12-15)30(27,28)14-20(22,23)24/h1-12H,13-14H2. The maximum Gasteiger partial charge on any atom is 0.404 e. The SMILES string of the molecule is O=S(=O)(CC(F)(F)F)N(Cc1cccnc1)c1ccc(Oc2ccc(Cl)cc2)cc1. The minimum atomic E-state index is -4.87. The molecule has 0 N–H and O–H groups in total. The van der Waals surface area contributed by atoms with Gasteiger partial charge >= 0.3 is 6.18 Å². The molecule has 0 aliphatic rings. The van der Waals surface area contributed by atoms with E-state index in [4.69, 9.17) is 16.3 Å². The molecule has 3 rings (SSSR count). The van der Waals surface area contributed by atoms with Crippen molar-refractivity contribution in [2.75, 3.05) is 10.1 Å². The number of ether oxygens (including phenoxy) is 1. The average molecular weight is 457 g/mol.